The van der Waals surface area contributed by atoms with Crippen LogP contribution in [0.4, 0.5) is 11.4 Å². The summed E-state index contributed by atoms with van der Waals surface area (Å²) in [5, 5.41) is 5.14. The third-order valence-electron chi connectivity index (χ3n) is 12.4. The number of para-hydroxylation sites is 4. The van der Waals surface area contributed by atoms with Crippen molar-refractivity contribution in [2.75, 3.05) is 78.3 Å². The topological polar surface area (TPSA) is 14.2 Å². The molecule has 0 saturated heterocycles. The molecule has 0 N–H and O–H groups in total. The zero-order valence-electron chi connectivity index (χ0n) is 36.4. The lowest BCUT2D eigenvalue weighted by atomic mass is 10.1. The molecule has 0 bridgehead atoms. The highest BCUT2D eigenvalue weighted by atomic mass is 32.2. The lowest BCUT2D eigenvalue weighted by Gasteiger charge is -2.33. The van der Waals surface area contributed by atoms with Gasteiger partial charge in [-0.2, -0.15) is 9.13 Å². The molecule has 0 radical (unpaired) electrons. The summed E-state index contributed by atoms with van der Waals surface area (Å²) in [6.45, 7) is 6.86. The summed E-state index contributed by atoms with van der Waals surface area (Å²) in [5.41, 5.74) is 7.71. The van der Waals surface area contributed by atoms with Gasteiger partial charge in [0.1, 0.15) is 6.54 Å². The van der Waals surface area contributed by atoms with Crippen LogP contribution in [0.3, 0.4) is 0 Å². The fourth-order valence-corrected chi connectivity index (χ4v) is 11.0. The third-order valence-corrected chi connectivity index (χ3v) is 14.7. The van der Waals surface area contributed by atoms with Crippen LogP contribution in [0.2, 0.25) is 0 Å². The van der Waals surface area contributed by atoms with E-state index in [1.54, 1.807) is 0 Å². The molecule has 2 aromatic heterocycles. The maximum Gasteiger partial charge on any atom is 0.213 e. The standard InChI is InChI=1S/C52H62N6S2/c1-53-47-25-11-13-27-49(47)59-51(53)29-17-20-41-30-34-55(45-23-9-7-21-43(41)45)32-15-16-36-57(3,4)38-19-39-58(5,6)37-18-33-56-35-31-42(44-22-8-10-24-46(44)56)40-52-54(2)48-26-12-14-28-50(48)60-52/h7-14,17,20-31,34-35,40H,15-16,18-19,32-33,36-39H2,1-6H3/q+4. The number of quaternary nitrogens is 2. The van der Waals surface area contributed by atoms with E-state index >= 15 is 0 Å². The van der Waals surface area contributed by atoms with Gasteiger partial charge in [-0.15, -0.1) is 0 Å². The molecule has 0 saturated carbocycles. The molecule has 0 amide bonds. The van der Waals surface area contributed by atoms with Gasteiger partial charge in [-0.25, -0.2) is 0 Å². The Labute approximate surface area is 366 Å². The van der Waals surface area contributed by atoms with Crippen LogP contribution in [0.5, 0.6) is 0 Å². The Bertz CT molecular complexity index is 2570. The maximum absolute atomic E-state index is 2.46. The fourth-order valence-electron chi connectivity index (χ4n) is 8.80. The first-order valence-corrected chi connectivity index (χ1v) is 23.3. The van der Waals surface area contributed by atoms with E-state index in [9.17, 15) is 0 Å². The van der Waals surface area contributed by atoms with Crippen LogP contribution in [0.15, 0.2) is 154 Å². The predicted molar refractivity (Wildman–Crippen MR) is 257 cm³/mol. The summed E-state index contributed by atoms with van der Waals surface area (Å²) in [6.07, 6.45) is 18.4. The maximum atomic E-state index is 2.46. The zero-order valence-corrected chi connectivity index (χ0v) is 38.1. The number of benzene rings is 4. The summed E-state index contributed by atoms with van der Waals surface area (Å²) in [6, 6.07) is 39.6. The minimum absolute atomic E-state index is 1.03. The SMILES string of the molecule is CN1/C(=C/C=C/c2cc[n+](CCCC[N+](C)(C)CCC[N+](C)(C)CCC[n+]3ccc(/C=C4\Sc5ccccc5N4C)c4ccccc43)c3ccccc23)Sc2ccccc21. The van der Waals surface area contributed by atoms with Crippen molar-refractivity contribution in [3.8, 4) is 0 Å². The van der Waals surface area contributed by atoms with Crippen LogP contribution in [0.25, 0.3) is 34.0 Å². The smallest absolute Gasteiger partial charge is 0.213 e. The molecule has 308 valence electrons. The van der Waals surface area contributed by atoms with Crippen molar-refractivity contribution in [3.63, 3.8) is 0 Å². The van der Waals surface area contributed by atoms with Crippen LogP contribution < -0.4 is 18.9 Å². The molecule has 8 heteroatoms. The Morgan fingerprint density at radius 3 is 1.63 bits per heavy atom. The fraction of sp³-hybridized carbons (Fsp3) is 0.308. The normalized spacial score (nSPS) is 15.6. The number of rotatable bonds is 16. The third kappa shape index (κ3) is 9.68. The number of hydrogen-bond donors (Lipinski definition) is 0. The van der Waals surface area contributed by atoms with E-state index in [4.69, 9.17) is 0 Å². The number of aryl methyl sites for hydroxylation is 2. The Balaban J connectivity index is 0.789. The first-order valence-electron chi connectivity index (χ1n) is 21.6. The van der Waals surface area contributed by atoms with Gasteiger partial charge in [0.15, 0.2) is 18.9 Å². The van der Waals surface area contributed by atoms with Crippen LogP contribution in [-0.2, 0) is 13.1 Å². The van der Waals surface area contributed by atoms with Gasteiger partial charge in [0.05, 0.1) is 93.0 Å². The molecule has 4 aromatic carbocycles. The average molecular weight is 835 g/mol. The molecular weight excluding hydrogens is 773 g/mol. The molecule has 6 nitrogen and oxygen atoms in total. The number of anilines is 2. The van der Waals surface area contributed by atoms with E-state index in [2.05, 4.69) is 207 Å². The number of allylic oxidation sites excluding steroid dienone is 2. The quantitative estimate of drug-likeness (QED) is 0.0548. The van der Waals surface area contributed by atoms with Crippen molar-refractivity contribution in [1.82, 2.24) is 0 Å². The van der Waals surface area contributed by atoms with Gasteiger partial charge >= 0.3 is 0 Å². The Morgan fingerprint density at radius 2 is 1.00 bits per heavy atom. The summed E-state index contributed by atoms with van der Waals surface area (Å²) in [5.74, 6) is 0. The van der Waals surface area contributed by atoms with E-state index in [1.807, 2.05) is 23.5 Å². The van der Waals surface area contributed by atoms with E-state index in [0.717, 1.165) is 28.5 Å². The lowest BCUT2D eigenvalue weighted by molar-refractivity contribution is -0.910. The number of hydrogen-bond acceptors (Lipinski definition) is 4. The highest BCUT2D eigenvalue weighted by Gasteiger charge is 2.24. The van der Waals surface area contributed by atoms with Crippen molar-refractivity contribution in [2.24, 2.45) is 0 Å². The molecular formula is C52H62N6S2+4. The molecule has 0 unspecified atom stereocenters. The van der Waals surface area contributed by atoms with Crippen molar-refractivity contribution in [3.05, 3.63) is 155 Å². The summed E-state index contributed by atoms with van der Waals surface area (Å²) in [7, 11) is 14.0. The van der Waals surface area contributed by atoms with Crippen LogP contribution in [0, 0.1) is 0 Å². The number of aromatic nitrogens is 2. The van der Waals surface area contributed by atoms with E-state index < -0.39 is 0 Å². The molecule has 2 aliphatic heterocycles. The molecule has 8 rings (SSSR count). The second-order valence-corrected chi connectivity index (χ2v) is 19.9. The summed E-state index contributed by atoms with van der Waals surface area (Å²) in [4.78, 5) is 7.23. The molecule has 0 spiro atoms. The second kappa shape index (κ2) is 18.4. The highest BCUT2D eigenvalue weighted by molar-refractivity contribution is 8.04. The first kappa shape index (κ1) is 41.9. The number of thioether (sulfide) groups is 2. The predicted octanol–water partition coefficient (Wildman–Crippen LogP) is 10.6. The highest BCUT2D eigenvalue weighted by Crippen LogP contribution is 2.46. The number of fused-ring (bicyclic) bond motifs is 4. The Kier molecular flexibility index (Phi) is 12.8. The molecule has 2 aliphatic rings. The van der Waals surface area contributed by atoms with Gasteiger partial charge in [-0.3, -0.25) is 0 Å². The Hall–Kier alpha value is -4.86. The Morgan fingerprint density at radius 1 is 0.517 bits per heavy atom. The minimum Gasteiger partial charge on any atom is -0.338 e. The van der Waals surface area contributed by atoms with Crippen molar-refractivity contribution >= 4 is 68.9 Å². The average Bonchev–Trinajstić information content (AvgIpc) is 3.74. The van der Waals surface area contributed by atoms with Gasteiger partial charge in [0.25, 0.3) is 0 Å². The number of nitrogens with zero attached hydrogens (tertiary/aromatic N) is 6. The van der Waals surface area contributed by atoms with E-state index in [1.165, 1.54) is 110 Å². The van der Waals surface area contributed by atoms with Crippen molar-refractivity contribution < 1.29 is 18.1 Å². The minimum atomic E-state index is 1.03. The van der Waals surface area contributed by atoms with Gasteiger partial charge in [0.2, 0.25) is 11.0 Å². The molecule has 0 aliphatic carbocycles. The van der Waals surface area contributed by atoms with Crippen LogP contribution >= 0.6 is 23.5 Å². The molecule has 0 atom stereocenters. The monoisotopic (exact) mass is 834 g/mol. The number of unbranched alkanes of at least 4 members (excludes halogenated alkanes) is 1. The summed E-state index contributed by atoms with van der Waals surface area (Å²) >= 11 is 3.69. The first-order chi connectivity index (χ1) is 29.1. The molecule has 60 heavy (non-hydrogen) atoms. The summed E-state index contributed by atoms with van der Waals surface area (Å²) < 4.78 is 7.04. The second-order valence-electron chi connectivity index (χ2n) is 17.7. The van der Waals surface area contributed by atoms with Gasteiger partial charge in [-0.05, 0) is 59.7 Å². The molecule has 0 fully saturated rings. The molecule has 4 heterocycles. The number of pyridine rings is 2. The van der Waals surface area contributed by atoms with Gasteiger partial charge in [-0.1, -0.05) is 84.2 Å². The van der Waals surface area contributed by atoms with E-state index in [0.29, 0.717) is 0 Å². The van der Waals surface area contributed by atoms with Crippen molar-refractivity contribution in [2.45, 2.75) is 48.6 Å². The van der Waals surface area contributed by atoms with Crippen molar-refractivity contribution in [1.29, 1.82) is 0 Å². The molecule has 6 aromatic rings. The van der Waals surface area contributed by atoms with Crippen LogP contribution in [-0.4, -0.2) is 77.4 Å². The lowest BCUT2D eigenvalue weighted by Crippen LogP contribution is -2.47. The zero-order chi connectivity index (χ0) is 41.7. The van der Waals surface area contributed by atoms with Crippen LogP contribution in [0.1, 0.15) is 36.8 Å². The van der Waals surface area contributed by atoms with Gasteiger partial charge < -0.3 is 18.8 Å². The van der Waals surface area contributed by atoms with E-state index in [-0.39, 0.29) is 0 Å². The van der Waals surface area contributed by atoms with Gasteiger partial charge in [0, 0.05) is 67.4 Å². The largest absolute Gasteiger partial charge is 0.338 e.